The van der Waals surface area contributed by atoms with E-state index in [1.807, 2.05) is 6.92 Å². The summed E-state index contributed by atoms with van der Waals surface area (Å²) in [6.07, 6.45) is 1.73. The van der Waals surface area contributed by atoms with Crippen LogP contribution in [-0.4, -0.2) is 38.6 Å². The van der Waals surface area contributed by atoms with Crippen molar-refractivity contribution >= 4 is 33.2 Å². The van der Waals surface area contributed by atoms with Crippen LogP contribution in [0.2, 0.25) is 0 Å². The lowest BCUT2D eigenvalue weighted by molar-refractivity contribution is -0.139. The van der Waals surface area contributed by atoms with Crippen molar-refractivity contribution in [3.63, 3.8) is 0 Å². The molecule has 1 unspecified atom stereocenters. The van der Waals surface area contributed by atoms with Gasteiger partial charge in [0.25, 0.3) is 15.9 Å². The number of nitrogens with one attached hydrogen (secondary N) is 1. The molecule has 1 aromatic rings. The van der Waals surface area contributed by atoms with E-state index < -0.39 is 27.9 Å². The zero-order valence-corrected chi connectivity index (χ0v) is 13.8. The number of carboxylic acid groups (broad SMARTS) is 1. The number of primary sulfonamides is 1. The maximum atomic E-state index is 12.1. The van der Waals surface area contributed by atoms with E-state index >= 15 is 0 Å². The molecule has 22 heavy (non-hydrogen) atoms. The Morgan fingerprint density at radius 1 is 1.50 bits per heavy atom. The minimum atomic E-state index is -4.02. The minimum Gasteiger partial charge on any atom is -0.494 e. The highest BCUT2D eigenvalue weighted by molar-refractivity contribution is 7.91. The molecule has 8 nitrogen and oxygen atoms in total. The van der Waals surface area contributed by atoms with Gasteiger partial charge in [-0.2, -0.15) is 0 Å². The number of carbonyl (C=O) groups excluding carboxylic acids is 1. The van der Waals surface area contributed by atoms with E-state index in [9.17, 15) is 18.0 Å². The predicted octanol–water partition coefficient (Wildman–Crippen LogP) is 0.777. The number of sulfonamides is 1. The normalized spacial score (nSPS) is 12.7. The van der Waals surface area contributed by atoms with Crippen LogP contribution in [0, 0.1) is 0 Å². The van der Waals surface area contributed by atoms with E-state index in [0.29, 0.717) is 24.2 Å². The fourth-order valence-corrected chi connectivity index (χ4v) is 3.62. The fraction of sp³-hybridized carbons (Fsp3) is 0.500. The molecular weight excluding hydrogens is 332 g/mol. The summed E-state index contributed by atoms with van der Waals surface area (Å²) in [5.41, 5.74) is 0. The molecular formula is C12H18N2O6S2. The Labute approximate surface area is 132 Å². The van der Waals surface area contributed by atoms with Crippen LogP contribution in [-0.2, 0) is 14.8 Å². The Bertz CT molecular complexity index is 653. The van der Waals surface area contributed by atoms with E-state index in [4.69, 9.17) is 15.0 Å². The van der Waals surface area contributed by atoms with Gasteiger partial charge < -0.3 is 15.2 Å². The molecule has 124 valence electrons. The van der Waals surface area contributed by atoms with Crippen molar-refractivity contribution in [2.45, 2.75) is 36.4 Å². The lowest BCUT2D eigenvalue weighted by Crippen LogP contribution is -2.40. The molecule has 1 heterocycles. The summed E-state index contributed by atoms with van der Waals surface area (Å²) in [5.74, 6) is -1.86. The maximum Gasteiger partial charge on any atom is 0.326 e. The second-order valence-electron chi connectivity index (χ2n) is 4.52. The first-order valence-electron chi connectivity index (χ1n) is 6.45. The number of ether oxygens (including phenoxy) is 1. The third-order valence-corrected chi connectivity index (χ3v) is 5.39. The number of carboxylic acids is 1. The van der Waals surface area contributed by atoms with Crippen molar-refractivity contribution in [1.29, 1.82) is 0 Å². The van der Waals surface area contributed by atoms with E-state index in [1.54, 1.807) is 0 Å². The quantitative estimate of drug-likeness (QED) is 0.634. The summed E-state index contributed by atoms with van der Waals surface area (Å²) < 4.78 is 27.4. The molecule has 1 aromatic heterocycles. The summed E-state index contributed by atoms with van der Waals surface area (Å²) in [4.78, 5) is 23.2. The molecule has 4 N–H and O–H groups in total. The molecule has 0 fully saturated rings. The SMILES string of the molecule is CCCCC(NC(=O)c1cc(OC)c(S(N)(=O)=O)s1)C(=O)O. The van der Waals surface area contributed by atoms with Crippen LogP contribution in [0.3, 0.4) is 0 Å². The van der Waals surface area contributed by atoms with Crippen LogP contribution >= 0.6 is 11.3 Å². The zero-order valence-electron chi connectivity index (χ0n) is 12.2. The van der Waals surface area contributed by atoms with Crippen molar-refractivity contribution in [3.8, 4) is 5.75 Å². The van der Waals surface area contributed by atoms with Gasteiger partial charge in [0.15, 0.2) is 9.96 Å². The van der Waals surface area contributed by atoms with Gasteiger partial charge in [-0.05, 0) is 6.42 Å². The number of unbranched alkanes of at least 4 members (excludes halogenated alkanes) is 1. The highest BCUT2D eigenvalue weighted by Crippen LogP contribution is 2.32. The van der Waals surface area contributed by atoms with Gasteiger partial charge in [-0.25, -0.2) is 18.4 Å². The standard InChI is InChI=1S/C12H18N2O6S2/c1-3-4-5-7(11(16)17)14-10(15)9-6-8(20-2)12(21-9)22(13,18)19/h6-7H,3-5H2,1-2H3,(H,14,15)(H,16,17)(H2,13,18,19). The Kier molecular flexibility index (Phi) is 6.33. The number of rotatable bonds is 8. The third kappa shape index (κ3) is 4.68. The zero-order chi connectivity index (χ0) is 16.9. The first kappa shape index (κ1) is 18.4. The number of methoxy groups -OCH3 is 1. The van der Waals surface area contributed by atoms with Gasteiger partial charge in [0.1, 0.15) is 6.04 Å². The van der Waals surface area contributed by atoms with E-state index in [2.05, 4.69) is 5.32 Å². The van der Waals surface area contributed by atoms with Gasteiger partial charge in [0, 0.05) is 6.07 Å². The van der Waals surface area contributed by atoms with Gasteiger partial charge in [-0.15, -0.1) is 11.3 Å². The molecule has 0 aliphatic heterocycles. The summed E-state index contributed by atoms with van der Waals surface area (Å²) in [6, 6.07) is 0.192. The van der Waals surface area contributed by atoms with Crippen LogP contribution in [0.5, 0.6) is 5.75 Å². The van der Waals surface area contributed by atoms with Crippen molar-refractivity contribution in [1.82, 2.24) is 5.32 Å². The van der Waals surface area contributed by atoms with Crippen molar-refractivity contribution in [2.24, 2.45) is 5.14 Å². The molecule has 10 heteroatoms. The van der Waals surface area contributed by atoms with E-state index in [-0.39, 0.29) is 14.8 Å². The molecule has 0 bridgehead atoms. The topological polar surface area (TPSA) is 136 Å². The van der Waals surface area contributed by atoms with Crippen molar-refractivity contribution in [2.75, 3.05) is 7.11 Å². The predicted molar refractivity (Wildman–Crippen MR) is 80.7 cm³/mol. The second-order valence-corrected chi connectivity index (χ2v) is 7.33. The van der Waals surface area contributed by atoms with Crippen LogP contribution in [0.25, 0.3) is 0 Å². The van der Waals surface area contributed by atoms with Crippen LogP contribution in [0.1, 0.15) is 35.9 Å². The number of carbonyl (C=O) groups is 2. The number of aliphatic carboxylic acids is 1. The minimum absolute atomic E-state index is 0.0172. The maximum absolute atomic E-state index is 12.1. The molecule has 1 atom stereocenters. The van der Waals surface area contributed by atoms with E-state index in [0.717, 1.165) is 6.42 Å². The number of amides is 1. The lowest BCUT2D eigenvalue weighted by Gasteiger charge is -2.13. The fourth-order valence-electron chi connectivity index (χ4n) is 1.71. The summed E-state index contributed by atoms with van der Waals surface area (Å²) >= 11 is 0.634. The summed E-state index contributed by atoms with van der Waals surface area (Å²) in [5, 5.41) is 16.5. The van der Waals surface area contributed by atoms with Crippen LogP contribution in [0.15, 0.2) is 10.3 Å². The number of hydrogen-bond acceptors (Lipinski definition) is 6. The molecule has 0 spiro atoms. The first-order valence-corrected chi connectivity index (χ1v) is 8.81. The average molecular weight is 350 g/mol. The van der Waals surface area contributed by atoms with Gasteiger partial charge >= 0.3 is 5.97 Å². The van der Waals surface area contributed by atoms with Gasteiger partial charge in [-0.1, -0.05) is 19.8 Å². The molecule has 1 amide bonds. The second kappa shape index (κ2) is 7.56. The van der Waals surface area contributed by atoms with Gasteiger partial charge in [0.2, 0.25) is 0 Å². The lowest BCUT2D eigenvalue weighted by atomic mass is 10.1. The van der Waals surface area contributed by atoms with Crippen molar-refractivity contribution < 1.29 is 27.9 Å². The number of hydrogen-bond donors (Lipinski definition) is 3. The van der Waals surface area contributed by atoms with E-state index in [1.165, 1.54) is 13.2 Å². The largest absolute Gasteiger partial charge is 0.494 e. The summed E-state index contributed by atoms with van der Waals surface area (Å²) in [7, 11) is -2.77. The highest BCUT2D eigenvalue weighted by Gasteiger charge is 2.25. The number of nitrogens with two attached hydrogens (primary N) is 1. The molecule has 0 aliphatic carbocycles. The summed E-state index contributed by atoms with van der Waals surface area (Å²) in [6.45, 7) is 1.91. The third-order valence-electron chi connectivity index (χ3n) is 2.82. The molecule has 0 aliphatic rings. The molecule has 1 rings (SSSR count). The Balaban J connectivity index is 2.98. The number of thiophene rings is 1. The smallest absolute Gasteiger partial charge is 0.326 e. The average Bonchev–Trinajstić information content (AvgIpc) is 2.87. The molecule has 0 radical (unpaired) electrons. The van der Waals surface area contributed by atoms with Gasteiger partial charge in [-0.3, -0.25) is 4.79 Å². The molecule has 0 saturated heterocycles. The van der Waals surface area contributed by atoms with Crippen LogP contribution < -0.4 is 15.2 Å². The highest BCUT2D eigenvalue weighted by atomic mass is 32.2. The first-order chi connectivity index (χ1) is 10.2. The monoisotopic (exact) mass is 350 g/mol. The Hall–Kier alpha value is -1.65. The Morgan fingerprint density at radius 2 is 2.14 bits per heavy atom. The molecule has 0 saturated carbocycles. The molecule has 0 aromatic carbocycles. The Morgan fingerprint density at radius 3 is 2.55 bits per heavy atom. The van der Waals surface area contributed by atoms with Crippen molar-refractivity contribution in [3.05, 3.63) is 10.9 Å². The van der Waals surface area contributed by atoms with Crippen LogP contribution in [0.4, 0.5) is 0 Å². The van der Waals surface area contributed by atoms with Gasteiger partial charge in [0.05, 0.1) is 12.0 Å².